The van der Waals surface area contributed by atoms with Crippen LogP contribution in [0.4, 0.5) is 11.8 Å². The molecule has 1 amide bonds. The van der Waals surface area contributed by atoms with Gasteiger partial charge < -0.3 is 25.0 Å². The van der Waals surface area contributed by atoms with Crippen LogP contribution in [0.2, 0.25) is 0 Å². The van der Waals surface area contributed by atoms with E-state index >= 15 is 0 Å². The minimum Gasteiger partial charge on any atom is -0.493 e. The van der Waals surface area contributed by atoms with Gasteiger partial charge in [0.1, 0.15) is 5.82 Å². The first-order valence-corrected chi connectivity index (χ1v) is 9.76. The average Bonchev–Trinajstić information content (AvgIpc) is 2.71. The Morgan fingerprint density at radius 3 is 2.43 bits per heavy atom. The number of nitrogens with zero attached hydrogens (tertiary/aromatic N) is 4. The van der Waals surface area contributed by atoms with Crippen LogP contribution in [-0.4, -0.2) is 60.2 Å². The first-order chi connectivity index (χ1) is 13.5. The predicted octanol–water partition coefficient (Wildman–Crippen LogP) is 2.21. The molecule has 1 aromatic carbocycles. The van der Waals surface area contributed by atoms with Crippen LogP contribution in [0.3, 0.4) is 0 Å². The molecule has 2 atom stereocenters. The molecular formula is C20H27N5O3. The number of hydrogen-bond acceptors (Lipinski definition) is 7. The second-order valence-corrected chi connectivity index (χ2v) is 7.46. The number of anilines is 2. The lowest BCUT2D eigenvalue weighted by Gasteiger charge is -2.49. The van der Waals surface area contributed by atoms with E-state index in [2.05, 4.69) is 9.88 Å². The van der Waals surface area contributed by atoms with Gasteiger partial charge in [-0.15, -0.1) is 0 Å². The Morgan fingerprint density at radius 2 is 1.75 bits per heavy atom. The van der Waals surface area contributed by atoms with Crippen molar-refractivity contribution in [2.75, 3.05) is 37.9 Å². The lowest BCUT2D eigenvalue weighted by atomic mass is 9.86. The molecule has 0 radical (unpaired) electrons. The zero-order chi connectivity index (χ0) is 19.8. The number of piperazine rings is 1. The van der Waals surface area contributed by atoms with Crippen LogP contribution in [0.15, 0.2) is 12.1 Å². The number of fused-ring (bicyclic) bond motifs is 2. The van der Waals surface area contributed by atoms with Crippen LogP contribution in [0, 0.1) is 0 Å². The summed E-state index contributed by atoms with van der Waals surface area (Å²) in [5, 5.41) is 0.740. The van der Waals surface area contributed by atoms with Gasteiger partial charge in [0.15, 0.2) is 11.5 Å². The van der Waals surface area contributed by atoms with Gasteiger partial charge in [0, 0.05) is 31.5 Å². The summed E-state index contributed by atoms with van der Waals surface area (Å²) in [4.78, 5) is 25.7. The van der Waals surface area contributed by atoms with E-state index in [0.29, 0.717) is 36.4 Å². The molecule has 2 aliphatic rings. The molecule has 1 saturated heterocycles. The number of amides is 1. The fourth-order valence-electron chi connectivity index (χ4n) is 4.60. The Hall–Kier alpha value is -2.77. The van der Waals surface area contributed by atoms with Gasteiger partial charge in [0.25, 0.3) is 0 Å². The van der Waals surface area contributed by atoms with Crippen molar-refractivity contribution >= 4 is 28.6 Å². The number of nitrogens with two attached hydrogens (primary N) is 1. The smallest absolute Gasteiger partial charge is 0.228 e. The third kappa shape index (κ3) is 3.06. The third-order valence-electron chi connectivity index (χ3n) is 5.96. The number of rotatable bonds is 3. The molecule has 1 saturated carbocycles. The number of nitrogen functional groups attached to an aromatic ring is 1. The Morgan fingerprint density at radius 1 is 1.07 bits per heavy atom. The highest BCUT2D eigenvalue weighted by Gasteiger charge is 2.40. The van der Waals surface area contributed by atoms with Crippen LogP contribution in [0.25, 0.3) is 10.9 Å². The molecule has 2 fully saturated rings. The number of aromatic nitrogens is 2. The zero-order valence-corrected chi connectivity index (χ0v) is 16.6. The highest BCUT2D eigenvalue weighted by Crippen LogP contribution is 2.36. The van der Waals surface area contributed by atoms with Gasteiger partial charge in [-0.1, -0.05) is 12.8 Å². The molecule has 150 valence electrons. The summed E-state index contributed by atoms with van der Waals surface area (Å²) in [7, 11) is 3.19. The number of carbonyl (C=O) groups is 1. The van der Waals surface area contributed by atoms with Crippen LogP contribution in [-0.2, 0) is 4.79 Å². The first kappa shape index (κ1) is 18.6. The summed E-state index contributed by atoms with van der Waals surface area (Å²) in [6.45, 7) is 3.05. The van der Waals surface area contributed by atoms with Crippen molar-refractivity contribution in [1.82, 2.24) is 14.9 Å². The predicted molar refractivity (Wildman–Crippen MR) is 108 cm³/mol. The minimum atomic E-state index is 0.146. The van der Waals surface area contributed by atoms with E-state index in [4.69, 9.17) is 20.2 Å². The summed E-state index contributed by atoms with van der Waals surface area (Å²) < 4.78 is 10.8. The van der Waals surface area contributed by atoms with Crippen LogP contribution < -0.4 is 20.1 Å². The molecule has 2 heterocycles. The molecule has 0 bridgehead atoms. The van der Waals surface area contributed by atoms with Crippen molar-refractivity contribution in [2.45, 2.75) is 44.7 Å². The second-order valence-electron chi connectivity index (χ2n) is 7.46. The van der Waals surface area contributed by atoms with E-state index in [1.165, 1.54) is 0 Å². The largest absolute Gasteiger partial charge is 0.493 e. The maximum absolute atomic E-state index is 12.1. The number of ether oxygens (including phenoxy) is 2. The van der Waals surface area contributed by atoms with Gasteiger partial charge in [0.05, 0.1) is 31.8 Å². The molecule has 4 rings (SSSR count). The molecule has 8 nitrogen and oxygen atoms in total. The Balaban J connectivity index is 1.75. The molecule has 8 heteroatoms. The monoisotopic (exact) mass is 385 g/mol. The fraction of sp³-hybridized carbons (Fsp3) is 0.550. The fourth-order valence-corrected chi connectivity index (χ4v) is 4.60. The highest BCUT2D eigenvalue weighted by molar-refractivity contribution is 5.91. The Labute approximate surface area is 164 Å². The molecule has 0 unspecified atom stereocenters. The number of methoxy groups -OCH3 is 2. The molecule has 2 N–H and O–H groups in total. The van der Waals surface area contributed by atoms with Crippen molar-refractivity contribution in [2.24, 2.45) is 0 Å². The Kier molecular flexibility index (Phi) is 4.87. The highest BCUT2D eigenvalue weighted by atomic mass is 16.5. The number of hydrogen-bond donors (Lipinski definition) is 1. The topological polar surface area (TPSA) is 93.8 Å². The molecule has 28 heavy (non-hydrogen) atoms. The van der Waals surface area contributed by atoms with Crippen LogP contribution in [0.1, 0.15) is 32.6 Å². The van der Waals surface area contributed by atoms with Gasteiger partial charge in [-0.25, -0.2) is 4.98 Å². The molecule has 2 aromatic rings. The second kappa shape index (κ2) is 7.33. The summed E-state index contributed by atoms with van der Waals surface area (Å²) in [6.07, 6.45) is 4.35. The van der Waals surface area contributed by atoms with E-state index in [1.54, 1.807) is 21.1 Å². The third-order valence-corrected chi connectivity index (χ3v) is 5.96. The van der Waals surface area contributed by atoms with Crippen LogP contribution in [0.5, 0.6) is 11.5 Å². The first-order valence-electron chi connectivity index (χ1n) is 9.76. The van der Waals surface area contributed by atoms with E-state index in [0.717, 1.165) is 36.6 Å². The van der Waals surface area contributed by atoms with E-state index in [9.17, 15) is 4.79 Å². The van der Waals surface area contributed by atoms with Crippen molar-refractivity contribution in [3.05, 3.63) is 12.1 Å². The molecule has 0 spiro atoms. The van der Waals surface area contributed by atoms with E-state index in [-0.39, 0.29) is 18.0 Å². The van der Waals surface area contributed by atoms with Crippen molar-refractivity contribution in [3.63, 3.8) is 0 Å². The maximum Gasteiger partial charge on any atom is 0.228 e. The standard InChI is InChI=1S/C20H27N5O3/c1-12(26)24-8-9-25(16-7-5-4-6-15(16)24)20-22-14-11-18(28-3)17(27-2)10-13(14)19(21)23-20/h10-11,15-16H,4-9H2,1-3H3,(H2,21,22,23)/t15-,16+/m1/s1. The summed E-state index contributed by atoms with van der Waals surface area (Å²) in [5.41, 5.74) is 7.01. The zero-order valence-electron chi connectivity index (χ0n) is 16.6. The van der Waals surface area contributed by atoms with Gasteiger partial charge in [-0.05, 0) is 18.9 Å². The summed E-state index contributed by atoms with van der Waals surface area (Å²) >= 11 is 0. The molecule has 1 aliphatic heterocycles. The van der Waals surface area contributed by atoms with E-state index < -0.39 is 0 Å². The minimum absolute atomic E-state index is 0.146. The quantitative estimate of drug-likeness (QED) is 0.866. The lowest BCUT2D eigenvalue weighted by Crippen LogP contribution is -2.62. The van der Waals surface area contributed by atoms with E-state index in [1.807, 2.05) is 17.0 Å². The van der Waals surface area contributed by atoms with Crippen molar-refractivity contribution < 1.29 is 14.3 Å². The van der Waals surface area contributed by atoms with Gasteiger partial charge in [-0.2, -0.15) is 4.98 Å². The average molecular weight is 385 g/mol. The van der Waals surface area contributed by atoms with Gasteiger partial charge in [0.2, 0.25) is 11.9 Å². The summed E-state index contributed by atoms with van der Waals surface area (Å²) in [6, 6.07) is 4.08. The van der Waals surface area contributed by atoms with Crippen molar-refractivity contribution in [3.8, 4) is 11.5 Å². The van der Waals surface area contributed by atoms with Gasteiger partial charge >= 0.3 is 0 Å². The SMILES string of the molecule is COc1cc2nc(N3CCN(C(C)=O)[C@@H]4CCCC[C@@H]43)nc(N)c2cc1OC. The Bertz CT molecular complexity index is 903. The van der Waals surface area contributed by atoms with Crippen LogP contribution >= 0.6 is 0 Å². The number of benzene rings is 1. The molecular weight excluding hydrogens is 358 g/mol. The number of carbonyl (C=O) groups excluding carboxylic acids is 1. The lowest BCUT2D eigenvalue weighted by molar-refractivity contribution is -0.133. The normalized spacial score (nSPS) is 22.1. The van der Waals surface area contributed by atoms with Crippen molar-refractivity contribution in [1.29, 1.82) is 0 Å². The molecule has 1 aliphatic carbocycles. The summed E-state index contributed by atoms with van der Waals surface area (Å²) in [5.74, 6) is 2.39. The van der Waals surface area contributed by atoms with Gasteiger partial charge in [-0.3, -0.25) is 4.79 Å². The maximum atomic E-state index is 12.1. The molecule has 1 aromatic heterocycles.